The predicted molar refractivity (Wildman–Crippen MR) is 65.7 cm³/mol. The highest BCUT2D eigenvalue weighted by atomic mass is 16.5. The smallest absolute Gasteiger partial charge is 0.242 e. The van der Waals surface area contributed by atoms with E-state index in [9.17, 15) is 4.79 Å². The summed E-state index contributed by atoms with van der Waals surface area (Å²) in [5.74, 6) is -0.0509. The van der Waals surface area contributed by atoms with Crippen LogP contribution in [0.3, 0.4) is 0 Å². The van der Waals surface area contributed by atoms with Gasteiger partial charge >= 0.3 is 0 Å². The second kappa shape index (κ2) is 5.80. The number of nitrogens with zero attached hydrogens (tertiary/aromatic N) is 1. The van der Waals surface area contributed by atoms with Crippen LogP contribution in [-0.2, 0) is 14.3 Å². The summed E-state index contributed by atoms with van der Waals surface area (Å²) in [6.07, 6.45) is -0.287. The van der Waals surface area contributed by atoms with E-state index in [1.165, 1.54) is 0 Å². The molecule has 2 N–H and O–H groups in total. The molecular weight excluding hydrogens is 220 g/mol. The second-order valence-corrected chi connectivity index (χ2v) is 5.40. The monoisotopic (exact) mass is 244 g/mol. The summed E-state index contributed by atoms with van der Waals surface area (Å²) in [5, 5.41) is 0. The number of ether oxygens (including phenoxy) is 2. The van der Waals surface area contributed by atoms with Gasteiger partial charge in [0.05, 0.1) is 24.9 Å². The number of morpholine rings is 1. The van der Waals surface area contributed by atoms with Crippen LogP contribution in [0, 0.1) is 0 Å². The molecule has 0 aromatic rings. The number of nitrogens with two attached hydrogens (primary N) is 1. The minimum atomic E-state index is -0.604. The predicted octanol–water partition coefficient (Wildman–Crippen LogP) is 0.376. The van der Waals surface area contributed by atoms with E-state index in [-0.39, 0.29) is 17.6 Å². The Kier molecular flexibility index (Phi) is 4.91. The molecule has 1 heterocycles. The maximum atomic E-state index is 12.1. The minimum absolute atomic E-state index is 0.0509. The fourth-order valence-corrected chi connectivity index (χ4v) is 1.83. The first kappa shape index (κ1) is 14.4. The van der Waals surface area contributed by atoms with Crippen molar-refractivity contribution in [2.75, 3.05) is 26.3 Å². The molecule has 2 atom stereocenters. The molecular formula is C12H24N2O3. The molecule has 0 bridgehead atoms. The Morgan fingerprint density at radius 2 is 1.88 bits per heavy atom. The van der Waals surface area contributed by atoms with Crippen molar-refractivity contribution in [1.29, 1.82) is 0 Å². The SMILES string of the molecule is CC(OC(C)(C)C)C(N)C(=O)N1CCOCC1. The summed E-state index contributed by atoms with van der Waals surface area (Å²) in [6, 6.07) is -0.604. The highest BCUT2D eigenvalue weighted by Crippen LogP contribution is 2.13. The van der Waals surface area contributed by atoms with Gasteiger partial charge in [-0.1, -0.05) is 0 Å². The van der Waals surface area contributed by atoms with Crippen molar-refractivity contribution in [2.45, 2.75) is 45.4 Å². The van der Waals surface area contributed by atoms with Crippen molar-refractivity contribution in [3.05, 3.63) is 0 Å². The molecule has 5 heteroatoms. The molecule has 5 nitrogen and oxygen atoms in total. The van der Waals surface area contributed by atoms with Crippen molar-refractivity contribution >= 4 is 5.91 Å². The summed E-state index contributed by atoms with van der Waals surface area (Å²) >= 11 is 0. The fraction of sp³-hybridized carbons (Fsp3) is 0.917. The third kappa shape index (κ3) is 4.61. The molecule has 1 aliphatic heterocycles. The van der Waals surface area contributed by atoms with Crippen molar-refractivity contribution in [3.63, 3.8) is 0 Å². The summed E-state index contributed by atoms with van der Waals surface area (Å²) in [5.41, 5.74) is 5.65. The minimum Gasteiger partial charge on any atom is -0.378 e. The average Bonchev–Trinajstić information content (AvgIpc) is 2.26. The van der Waals surface area contributed by atoms with Crippen LogP contribution in [0.4, 0.5) is 0 Å². The standard InChI is InChI=1S/C12H24N2O3/c1-9(17-12(2,3)4)10(13)11(15)14-5-7-16-8-6-14/h9-10H,5-8,13H2,1-4H3. The van der Waals surface area contributed by atoms with Gasteiger partial charge in [-0.2, -0.15) is 0 Å². The number of hydrogen-bond acceptors (Lipinski definition) is 4. The molecule has 1 rings (SSSR count). The van der Waals surface area contributed by atoms with Crippen LogP contribution in [0.5, 0.6) is 0 Å². The zero-order chi connectivity index (χ0) is 13.1. The van der Waals surface area contributed by atoms with E-state index in [4.69, 9.17) is 15.2 Å². The van der Waals surface area contributed by atoms with Crippen LogP contribution in [0.1, 0.15) is 27.7 Å². The van der Waals surface area contributed by atoms with Gasteiger partial charge in [0.25, 0.3) is 0 Å². The third-order valence-corrected chi connectivity index (χ3v) is 2.65. The number of rotatable bonds is 3. The Bertz CT molecular complexity index is 257. The van der Waals surface area contributed by atoms with E-state index < -0.39 is 6.04 Å². The lowest BCUT2D eigenvalue weighted by atomic mass is 10.1. The molecule has 1 saturated heterocycles. The van der Waals surface area contributed by atoms with Gasteiger partial charge in [-0.3, -0.25) is 4.79 Å². The lowest BCUT2D eigenvalue weighted by Gasteiger charge is -2.33. The maximum Gasteiger partial charge on any atom is 0.242 e. The number of carbonyl (C=O) groups excluding carboxylic acids is 1. The zero-order valence-corrected chi connectivity index (χ0v) is 11.2. The molecule has 0 radical (unpaired) electrons. The molecule has 17 heavy (non-hydrogen) atoms. The first-order valence-electron chi connectivity index (χ1n) is 6.11. The van der Waals surface area contributed by atoms with E-state index in [0.29, 0.717) is 26.3 Å². The summed E-state index contributed by atoms with van der Waals surface area (Å²) < 4.78 is 10.9. The molecule has 0 aromatic heterocycles. The third-order valence-electron chi connectivity index (χ3n) is 2.65. The molecule has 0 aliphatic carbocycles. The first-order valence-corrected chi connectivity index (χ1v) is 6.11. The van der Waals surface area contributed by atoms with E-state index in [0.717, 1.165) is 0 Å². The highest BCUT2D eigenvalue weighted by Gasteiger charge is 2.29. The fourth-order valence-electron chi connectivity index (χ4n) is 1.83. The Labute approximate surface area is 103 Å². The topological polar surface area (TPSA) is 64.8 Å². The van der Waals surface area contributed by atoms with E-state index >= 15 is 0 Å². The van der Waals surface area contributed by atoms with Crippen LogP contribution in [0.25, 0.3) is 0 Å². The van der Waals surface area contributed by atoms with Gasteiger partial charge in [0.1, 0.15) is 6.04 Å². The van der Waals surface area contributed by atoms with Crippen molar-refractivity contribution < 1.29 is 14.3 Å². The molecule has 1 amide bonds. The van der Waals surface area contributed by atoms with Crippen LogP contribution < -0.4 is 5.73 Å². The Morgan fingerprint density at radius 1 is 1.35 bits per heavy atom. The Hall–Kier alpha value is -0.650. The Morgan fingerprint density at radius 3 is 2.35 bits per heavy atom. The van der Waals surface area contributed by atoms with Gasteiger partial charge in [0.15, 0.2) is 0 Å². The van der Waals surface area contributed by atoms with Gasteiger partial charge in [-0.25, -0.2) is 0 Å². The van der Waals surface area contributed by atoms with E-state index in [2.05, 4.69) is 0 Å². The molecule has 0 saturated carbocycles. The lowest BCUT2D eigenvalue weighted by Crippen LogP contribution is -2.54. The molecule has 0 spiro atoms. The van der Waals surface area contributed by atoms with Crippen LogP contribution >= 0.6 is 0 Å². The summed E-state index contributed by atoms with van der Waals surface area (Å²) in [7, 11) is 0. The van der Waals surface area contributed by atoms with E-state index in [1.807, 2.05) is 27.7 Å². The van der Waals surface area contributed by atoms with Gasteiger partial charge in [0.2, 0.25) is 5.91 Å². The second-order valence-electron chi connectivity index (χ2n) is 5.40. The average molecular weight is 244 g/mol. The zero-order valence-electron chi connectivity index (χ0n) is 11.2. The molecule has 1 aliphatic rings. The lowest BCUT2D eigenvalue weighted by molar-refractivity contribution is -0.143. The normalized spacial score (nSPS) is 21.1. The largest absolute Gasteiger partial charge is 0.378 e. The molecule has 1 fully saturated rings. The Balaban J connectivity index is 2.50. The maximum absolute atomic E-state index is 12.1. The first-order chi connectivity index (χ1) is 7.81. The van der Waals surface area contributed by atoms with Crippen LogP contribution in [0.15, 0.2) is 0 Å². The quantitative estimate of drug-likeness (QED) is 0.779. The van der Waals surface area contributed by atoms with E-state index in [1.54, 1.807) is 4.90 Å². The van der Waals surface area contributed by atoms with Crippen molar-refractivity contribution in [1.82, 2.24) is 4.90 Å². The summed E-state index contributed by atoms with van der Waals surface area (Å²) in [6.45, 7) is 10.1. The molecule has 0 aromatic carbocycles. The number of carbonyl (C=O) groups is 1. The van der Waals surface area contributed by atoms with Crippen LogP contribution in [-0.4, -0.2) is 54.9 Å². The summed E-state index contributed by atoms with van der Waals surface area (Å²) in [4.78, 5) is 13.8. The van der Waals surface area contributed by atoms with Gasteiger partial charge in [-0.15, -0.1) is 0 Å². The van der Waals surface area contributed by atoms with Gasteiger partial charge in [0, 0.05) is 13.1 Å². The molecule has 100 valence electrons. The van der Waals surface area contributed by atoms with Crippen molar-refractivity contribution in [2.24, 2.45) is 5.73 Å². The number of amides is 1. The molecule has 2 unspecified atom stereocenters. The van der Waals surface area contributed by atoms with Crippen molar-refractivity contribution in [3.8, 4) is 0 Å². The van der Waals surface area contributed by atoms with Gasteiger partial charge in [-0.05, 0) is 27.7 Å². The van der Waals surface area contributed by atoms with Crippen LogP contribution in [0.2, 0.25) is 0 Å². The number of hydrogen-bond donors (Lipinski definition) is 1. The highest BCUT2D eigenvalue weighted by molar-refractivity contribution is 5.82. The van der Waals surface area contributed by atoms with Gasteiger partial charge < -0.3 is 20.1 Å².